The number of nitrogens with one attached hydrogen (secondary N) is 2. The van der Waals surface area contributed by atoms with Gasteiger partial charge in [-0.25, -0.2) is 0 Å². The molecule has 0 saturated carbocycles. The van der Waals surface area contributed by atoms with Crippen LogP contribution >= 0.6 is 11.8 Å². The van der Waals surface area contributed by atoms with Crippen LogP contribution in [0.2, 0.25) is 0 Å². The van der Waals surface area contributed by atoms with Gasteiger partial charge in [-0.3, -0.25) is 18.7 Å². The molecule has 2 N–H and O–H groups in total. The lowest BCUT2D eigenvalue weighted by molar-refractivity contribution is -0.121. The Balaban J connectivity index is 1.53. The van der Waals surface area contributed by atoms with Crippen molar-refractivity contribution in [1.29, 1.82) is 0 Å². The number of amides is 1. The molecule has 0 aromatic carbocycles. The SMILES string of the molecule is CSCCC(NC(=O)CCc1c(C)c2c(C)nn(C)c2[nH]c1=O)c1nnc2ccccn12. The molecule has 0 aliphatic heterocycles. The van der Waals surface area contributed by atoms with E-state index in [1.807, 2.05) is 48.9 Å². The van der Waals surface area contributed by atoms with Gasteiger partial charge in [-0.15, -0.1) is 10.2 Å². The first-order chi connectivity index (χ1) is 15.4. The summed E-state index contributed by atoms with van der Waals surface area (Å²) in [5, 5.41) is 17.0. The van der Waals surface area contributed by atoms with Gasteiger partial charge in [0.1, 0.15) is 5.65 Å². The van der Waals surface area contributed by atoms with E-state index in [1.165, 1.54) is 0 Å². The standard InChI is InChI=1S/C22H27N7O2S/c1-13-15(22(31)24-21-19(13)14(2)27-28(21)3)8-9-18(30)23-16(10-12-32-4)20-26-25-17-7-5-6-11-29(17)20/h5-7,11,16H,8-10,12H2,1-4H3,(H,23,30)(H,24,31). The average Bonchev–Trinajstić information content (AvgIpc) is 3.31. The molecule has 10 heteroatoms. The molecule has 0 spiro atoms. The lowest BCUT2D eigenvalue weighted by Gasteiger charge is -2.17. The van der Waals surface area contributed by atoms with Gasteiger partial charge in [0.15, 0.2) is 11.5 Å². The third-order valence-electron chi connectivity index (χ3n) is 5.76. The van der Waals surface area contributed by atoms with Gasteiger partial charge in [0, 0.05) is 30.6 Å². The Kier molecular flexibility index (Phi) is 6.31. The first kappa shape index (κ1) is 22.1. The predicted molar refractivity (Wildman–Crippen MR) is 126 cm³/mol. The number of thioether (sulfide) groups is 1. The maximum Gasteiger partial charge on any atom is 0.253 e. The number of nitrogens with zero attached hydrogens (tertiary/aromatic N) is 5. The minimum absolute atomic E-state index is 0.120. The minimum atomic E-state index is -0.255. The number of rotatable bonds is 8. The molecule has 0 aliphatic carbocycles. The van der Waals surface area contributed by atoms with E-state index in [2.05, 4.69) is 25.6 Å². The number of pyridine rings is 2. The van der Waals surface area contributed by atoms with Crippen LogP contribution in [0.1, 0.15) is 41.5 Å². The van der Waals surface area contributed by atoms with Crippen LogP contribution in [0.15, 0.2) is 29.2 Å². The zero-order valence-corrected chi connectivity index (χ0v) is 19.5. The quantitative estimate of drug-likeness (QED) is 0.424. The second kappa shape index (κ2) is 9.15. The zero-order chi connectivity index (χ0) is 22.8. The summed E-state index contributed by atoms with van der Waals surface area (Å²) in [5.41, 5.74) is 3.63. The van der Waals surface area contributed by atoms with Gasteiger partial charge < -0.3 is 10.3 Å². The Morgan fingerprint density at radius 3 is 2.88 bits per heavy atom. The Labute approximate surface area is 189 Å². The number of hydrogen-bond donors (Lipinski definition) is 2. The summed E-state index contributed by atoms with van der Waals surface area (Å²) in [6.07, 6.45) is 5.24. The van der Waals surface area contributed by atoms with Gasteiger partial charge in [-0.2, -0.15) is 16.9 Å². The van der Waals surface area contributed by atoms with Crippen molar-refractivity contribution in [1.82, 2.24) is 34.7 Å². The fraction of sp³-hybridized carbons (Fsp3) is 0.409. The maximum absolute atomic E-state index is 12.9. The van der Waals surface area contributed by atoms with Crippen LogP contribution in [0.5, 0.6) is 0 Å². The van der Waals surface area contributed by atoms with Crippen LogP contribution in [0.25, 0.3) is 16.7 Å². The van der Waals surface area contributed by atoms with E-state index in [4.69, 9.17) is 0 Å². The maximum atomic E-state index is 12.9. The van der Waals surface area contributed by atoms with E-state index in [0.717, 1.165) is 34.5 Å². The molecule has 4 heterocycles. The topological polar surface area (TPSA) is 110 Å². The van der Waals surface area contributed by atoms with Crippen molar-refractivity contribution in [2.75, 3.05) is 12.0 Å². The van der Waals surface area contributed by atoms with Gasteiger partial charge in [0.05, 0.1) is 11.7 Å². The summed E-state index contributed by atoms with van der Waals surface area (Å²) in [6, 6.07) is 5.45. The molecule has 1 unspecified atom stereocenters. The van der Waals surface area contributed by atoms with Crippen molar-refractivity contribution in [3.8, 4) is 0 Å². The lowest BCUT2D eigenvalue weighted by Crippen LogP contribution is -2.31. The van der Waals surface area contributed by atoms with Crippen molar-refractivity contribution in [2.24, 2.45) is 7.05 Å². The van der Waals surface area contributed by atoms with Gasteiger partial charge >= 0.3 is 0 Å². The average molecular weight is 454 g/mol. The molecule has 4 rings (SSSR count). The summed E-state index contributed by atoms with van der Waals surface area (Å²) in [7, 11) is 1.81. The Hall–Kier alpha value is -3.14. The van der Waals surface area contributed by atoms with Crippen LogP contribution in [0.4, 0.5) is 0 Å². The van der Waals surface area contributed by atoms with E-state index in [-0.39, 0.29) is 23.9 Å². The summed E-state index contributed by atoms with van der Waals surface area (Å²) in [6.45, 7) is 3.84. The second-order valence-corrected chi connectivity index (χ2v) is 8.86. The first-order valence-electron chi connectivity index (χ1n) is 10.5. The highest BCUT2D eigenvalue weighted by molar-refractivity contribution is 7.98. The number of fused-ring (bicyclic) bond motifs is 2. The highest BCUT2D eigenvalue weighted by Crippen LogP contribution is 2.22. The van der Waals surface area contributed by atoms with Crippen molar-refractivity contribution >= 4 is 34.3 Å². The normalized spacial score (nSPS) is 12.5. The summed E-state index contributed by atoms with van der Waals surface area (Å²) in [4.78, 5) is 28.5. The number of carbonyl (C=O) groups is 1. The summed E-state index contributed by atoms with van der Waals surface area (Å²) >= 11 is 1.72. The number of hydrogen-bond acceptors (Lipinski definition) is 6. The number of carbonyl (C=O) groups excluding carboxylic acids is 1. The third kappa shape index (κ3) is 4.14. The van der Waals surface area contributed by atoms with Crippen molar-refractivity contribution in [2.45, 2.75) is 39.2 Å². The van der Waals surface area contributed by atoms with Gasteiger partial charge in [-0.1, -0.05) is 6.07 Å². The van der Waals surface area contributed by atoms with Gasteiger partial charge in [0.25, 0.3) is 5.56 Å². The van der Waals surface area contributed by atoms with E-state index < -0.39 is 0 Å². The van der Waals surface area contributed by atoms with Crippen LogP contribution in [-0.2, 0) is 18.3 Å². The number of aryl methyl sites for hydroxylation is 3. The molecule has 0 radical (unpaired) electrons. The molecular weight excluding hydrogens is 426 g/mol. The Morgan fingerprint density at radius 1 is 1.28 bits per heavy atom. The molecule has 32 heavy (non-hydrogen) atoms. The fourth-order valence-electron chi connectivity index (χ4n) is 4.16. The molecule has 0 bridgehead atoms. The number of aromatic nitrogens is 6. The second-order valence-electron chi connectivity index (χ2n) is 7.88. The van der Waals surface area contributed by atoms with Crippen LogP contribution < -0.4 is 10.9 Å². The largest absolute Gasteiger partial charge is 0.346 e. The minimum Gasteiger partial charge on any atom is -0.346 e. The van der Waals surface area contributed by atoms with Crippen LogP contribution in [0.3, 0.4) is 0 Å². The molecule has 0 aliphatic rings. The molecule has 0 saturated heterocycles. The highest BCUT2D eigenvalue weighted by atomic mass is 32.2. The van der Waals surface area contributed by atoms with Crippen molar-refractivity contribution in [3.05, 3.63) is 57.4 Å². The van der Waals surface area contributed by atoms with Crippen molar-refractivity contribution in [3.63, 3.8) is 0 Å². The predicted octanol–water partition coefficient (Wildman–Crippen LogP) is 2.46. The molecule has 168 valence electrons. The van der Waals surface area contributed by atoms with E-state index in [9.17, 15) is 9.59 Å². The molecule has 4 aromatic heterocycles. The van der Waals surface area contributed by atoms with Gasteiger partial charge in [-0.05, 0) is 56.4 Å². The van der Waals surface area contributed by atoms with Crippen molar-refractivity contribution < 1.29 is 4.79 Å². The fourth-order valence-corrected chi connectivity index (χ4v) is 4.63. The summed E-state index contributed by atoms with van der Waals surface area (Å²) < 4.78 is 3.58. The Morgan fingerprint density at radius 2 is 2.09 bits per heavy atom. The molecular formula is C22H27N7O2S. The highest BCUT2D eigenvalue weighted by Gasteiger charge is 2.21. The monoisotopic (exact) mass is 453 g/mol. The van der Waals surface area contributed by atoms with E-state index in [0.29, 0.717) is 23.5 Å². The van der Waals surface area contributed by atoms with Crippen LogP contribution in [-0.4, -0.2) is 47.3 Å². The Bertz CT molecular complexity index is 1340. The third-order valence-corrected chi connectivity index (χ3v) is 6.40. The molecule has 1 atom stereocenters. The molecule has 0 fully saturated rings. The first-order valence-corrected chi connectivity index (χ1v) is 11.9. The molecule has 1 amide bonds. The lowest BCUT2D eigenvalue weighted by atomic mass is 10.0. The number of aromatic amines is 1. The van der Waals surface area contributed by atoms with Gasteiger partial charge in [0.2, 0.25) is 5.91 Å². The van der Waals surface area contributed by atoms with E-state index in [1.54, 1.807) is 23.5 Å². The smallest absolute Gasteiger partial charge is 0.253 e. The number of H-pyrrole nitrogens is 1. The summed E-state index contributed by atoms with van der Waals surface area (Å²) in [5.74, 6) is 1.47. The van der Waals surface area contributed by atoms with Crippen LogP contribution in [0, 0.1) is 13.8 Å². The zero-order valence-electron chi connectivity index (χ0n) is 18.7. The van der Waals surface area contributed by atoms with E-state index >= 15 is 0 Å². The molecule has 4 aromatic rings. The molecule has 9 nitrogen and oxygen atoms in total.